The SMILES string of the molecule is CCOC(=O)/C1=C/C[C@@H](C)OC(=O)[C@@H](NC(=O)OC(C)(C)C)CS1. The van der Waals surface area contributed by atoms with Gasteiger partial charge in [-0.1, -0.05) is 6.08 Å². The smallest absolute Gasteiger partial charge is 0.408 e. The molecule has 1 amide bonds. The zero-order valence-electron chi connectivity index (χ0n) is 14.7. The highest BCUT2D eigenvalue weighted by Gasteiger charge is 2.29. The number of amides is 1. The topological polar surface area (TPSA) is 90.9 Å². The van der Waals surface area contributed by atoms with Crippen LogP contribution in [0.1, 0.15) is 41.0 Å². The molecule has 136 valence electrons. The summed E-state index contributed by atoms with van der Waals surface area (Å²) in [7, 11) is 0. The lowest BCUT2D eigenvalue weighted by Gasteiger charge is -2.23. The number of rotatable bonds is 3. The number of nitrogens with one attached hydrogen (secondary N) is 1. The minimum atomic E-state index is -0.914. The Balaban J connectivity index is 2.81. The number of esters is 2. The molecule has 0 aromatic rings. The van der Waals surface area contributed by atoms with Crippen molar-refractivity contribution in [2.75, 3.05) is 12.4 Å². The molecular formula is C16H25NO6S. The van der Waals surface area contributed by atoms with E-state index in [2.05, 4.69) is 5.32 Å². The Kier molecular flexibility index (Phi) is 7.59. The standard InChI is InChI=1S/C16H25NO6S/c1-6-21-14(19)12-8-7-10(2)22-13(18)11(9-24-12)17-15(20)23-16(3,4)5/h8,10-11H,6-7,9H2,1-5H3,(H,17,20)/b12-8-/t10-,11+/m1/s1. The summed E-state index contributed by atoms with van der Waals surface area (Å²) in [5.74, 6) is -0.852. The lowest BCUT2D eigenvalue weighted by Crippen LogP contribution is -2.46. The van der Waals surface area contributed by atoms with Gasteiger partial charge in [0.25, 0.3) is 0 Å². The maximum Gasteiger partial charge on any atom is 0.408 e. The Hall–Kier alpha value is -1.70. The molecule has 0 bridgehead atoms. The fourth-order valence-corrected chi connectivity index (χ4v) is 2.75. The van der Waals surface area contributed by atoms with Crippen molar-refractivity contribution in [1.82, 2.24) is 5.32 Å². The molecule has 0 radical (unpaired) electrons. The number of alkyl carbamates (subject to hydrolysis) is 1. The van der Waals surface area contributed by atoms with E-state index in [9.17, 15) is 14.4 Å². The minimum absolute atomic E-state index is 0.148. The molecule has 1 aliphatic rings. The Morgan fingerprint density at radius 2 is 2.08 bits per heavy atom. The quantitative estimate of drug-likeness (QED) is 0.611. The summed E-state index contributed by atoms with van der Waals surface area (Å²) in [5.41, 5.74) is -0.678. The molecular weight excluding hydrogens is 334 g/mol. The first kappa shape index (κ1) is 20.3. The number of hydrogen-bond donors (Lipinski definition) is 1. The van der Waals surface area contributed by atoms with E-state index < -0.39 is 35.8 Å². The van der Waals surface area contributed by atoms with E-state index >= 15 is 0 Å². The van der Waals surface area contributed by atoms with Gasteiger partial charge in [0.2, 0.25) is 0 Å². The van der Waals surface area contributed by atoms with Gasteiger partial charge in [-0.15, -0.1) is 11.8 Å². The summed E-state index contributed by atoms with van der Waals surface area (Å²) in [6.45, 7) is 8.89. The average molecular weight is 359 g/mol. The maximum atomic E-state index is 12.2. The second-order valence-corrected chi connectivity index (χ2v) is 7.34. The third-order valence-corrected chi connectivity index (χ3v) is 3.95. The van der Waals surface area contributed by atoms with Gasteiger partial charge in [-0.3, -0.25) is 0 Å². The van der Waals surface area contributed by atoms with Gasteiger partial charge in [-0.2, -0.15) is 0 Å². The molecule has 24 heavy (non-hydrogen) atoms. The minimum Gasteiger partial charge on any atom is -0.462 e. The molecule has 1 rings (SSSR count). The molecule has 0 unspecified atom stereocenters. The fraction of sp³-hybridized carbons (Fsp3) is 0.688. The molecule has 0 saturated heterocycles. The number of carbonyl (C=O) groups is 3. The number of cyclic esters (lactones) is 1. The second-order valence-electron chi connectivity index (χ2n) is 6.28. The van der Waals surface area contributed by atoms with Crippen molar-refractivity contribution >= 4 is 29.8 Å². The van der Waals surface area contributed by atoms with E-state index in [1.807, 2.05) is 0 Å². The van der Waals surface area contributed by atoms with Gasteiger partial charge in [-0.05, 0) is 34.6 Å². The molecule has 0 spiro atoms. The van der Waals surface area contributed by atoms with Crippen LogP contribution in [0.15, 0.2) is 11.0 Å². The summed E-state index contributed by atoms with van der Waals surface area (Å²) in [6.07, 6.45) is 0.963. The van der Waals surface area contributed by atoms with E-state index in [4.69, 9.17) is 14.2 Å². The molecule has 0 aromatic heterocycles. The van der Waals surface area contributed by atoms with Crippen molar-refractivity contribution in [3.63, 3.8) is 0 Å². The number of hydrogen-bond acceptors (Lipinski definition) is 7. The first-order valence-electron chi connectivity index (χ1n) is 7.82. The number of thioether (sulfide) groups is 1. The predicted octanol–water partition coefficient (Wildman–Crippen LogP) is 2.40. The van der Waals surface area contributed by atoms with E-state index in [1.54, 1.807) is 40.7 Å². The summed E-state index contributed by atoms with van der Waals surface area (Å²) >= 11 is 1.15. The van der Waals surface area contributed by atoms with Crippen LogP contribution in [0.25, 0.3) is 0 Å². The van der Waals surface area contributed by atoms with Crippen molar-refractivity contribution in [1.29, 1.82) is 0 Å². The van der Waals surface area contributed by atoms with E-state index in [0.717, 1.165) is 11.8 Å². The molecule has 0 aromatic carbocycles. The summed E-state index contributed by atoms with van der Waals surface area (Å²) in [5, 5.41) is 2.50. The van der Waals surface area contributed by atoms with Crippen molar-refractivity contribution in [3.05, 3.63) is 11.0 Å². The van der Waals surface area contributed by atoms with Crippen molar-refractivity contribution in [2.45, 2.75) is 58.8 Å². The van der Waals surface area contributed by atoms with Crippen LogP contribution in [0.2, 0.25) is 0 Å². The Bertz CT molecular complexity index is 511. The van der Waals surface area contributed by atoms with Crippen LogP contribution >= 0.6 is 11.8 Å². The zero-order valence-corrected chi connectivity index (χ0v) is 15.5. The van der Waals surface area contributed by atoms with E-state index in [1.165, 1.54) is 0 Å². The van der Waals surface area contributed by atoms with E-state index in [0.29, 0.717) is 11.3 Å². The van der Waals surface area contributed by atoms with Gasteiger partial charge < -0.3 is 19.5 Å². The monoisotopic (exact) mass is 359 g/mol. The highest BCUT2D eigenvalue weighted by atomic mass is 32.2. The van der Waals surface area contributed by atoms with Crippen LogP contribution in [-0.4, -0.2) is 48.1 Å². The van der Waals surface area contributed by atoms with Crippen molar-refractivity contribution in [3.8, 4) is 0 Å². The van der Waals surface area contributed by atoms with Crippen molar-refractivity contribution in [2.24, 2.45) is 0 Å². The molecule has 0 fully saturated rings. The van der Waals surface area contributed by atoms with Gasteiger partial charge in [0, 0.05) is 12.2 Å². The van der Waals surface area contributed by atoms with Crippen LogP contribution < -0.4 is 5.32 Å². The highest BCUT2D eigenvalue weighted by Crippen LogP contribution is 2.23. The largest absolute Gasteiger partial charge is 0.462 e. The number of ether oxygens (including phenoxy) is 3. The normalized spacial score (nSPS) is 24.4. The van der Waals surface area contributed by atoms with Gasteiger partial charge in [0.1, 0.15) is 17.7 Å². The third-order valence-electron chi connectivity index (χ3n) is 2.81. The lowest BCUT2D eigenvalue weighted by molar-refractivity contribution is -0.149. The Morgan fingerprint density at radius 1 is 1.42 bits per heavy atom. The third kappa shape index (κ3) is 7.25. The molecule has 8 heteroatoms. The lowest BCUT2D eigenvalue weighted by atomic mass is 10.2. The van der Waals surface area contributed by atoms with Gasteiger partial charge in [-0.25, -0.2) is 14.4 Å². The van der Waals surface area contributed by atoms with Gasteiger partial charge >= 0.3 is 18.0 Å². The van der Waals surface area contributed by atoms with Crippen LogP contribution in [0.5, 0.6) is 0 Å². The van der Waals surface area contributed by atoms with E-state index in [-0.39, 0.29) is 12.4 Å². The Morgan fingerprint density at radius 3 is 2.67 bits per heavy atom. The molecule has 1 N–H and O–H groups in total. The van der Waals surface area contributed by atoms with Gasteiger partial charge in [0.05, 0.1) is 11.5 Å². The fourth-order valence-electron chi connectivity index (χ4n) is 1.80. The maximum absolute atomic E-state index is 12.2. The summed E-state index contributed by atoms with van der Waals surface area (Å²) in [6, 6.07) is -0.914. The summed E-state index contributed by atoms with van der Waals surface area (Å²) < 4.78 is 15.4. The second kappa shape index (κ2) is 8.96. The van der Waals surface area contributed by atoms with Crippen LogP contribution in [0.3, 0.4) is 0 Å². The molecule has 1 heterocycles. The highest BCUT2D eigenvalue weighted by molar-refractivity contribution is 8.04. The van der Waals surface area contributed by atoms with Crippen molar-refractivity contribution < 1.29 is 28.6 Å². The Labute approximate surface area is 146 Å². The molecule has 0 aliphatic carbocycles. The zero-order chi connectivity index (χ0) is 18.3. The first-order chi connectivity index (χ1) is 11.1. The molecule has 0 saturated carbocycles. The molecule has 1 aliphatic heterocycles. The predicted molar refractivity (Wildman–Crippen MR) is 90.5 cm³/mol. The van der Waals surface area contributed by atoms with Gasteiger partial charge in [0.15, 0.2) is 0 Å². The van der Waals surface area contributed by atoms with Crippen LogP contribution in [-0.2, 0) is 23.8 Å². The first-order valence-corrected chi connectivity index (χ1v) is 8.81. The molecule has 2 atom stereocenters. The summed E-state index contributed by atoms with van der Waals surface area (Å²) in [4.78, 5) is 36.4. The number of carbonyl (C=O) groups excluding carboxylic acids is 3. The average Bonchev–Trinajstić information content (AvgIpc) is 2.49. The van der Waals surface area contributed by atoms with Crippen LogP contribution in [0.4, 0.5) is 4.79 Å². The molecule has 7 nitrogen and oxygen atoms in total. The van der Waals surface area contributed by atoms with Crippen LogP contribution in [0, 0.1) is 0 Å².